The molecule has 0 spiro atoms. The quantitative estimate of drug-likeness (QED) is 0.414. The lowest BCUT2D eigenvalue weighted by atomic mass is 10.1. The van der Waals surface area contributed by atoms with E-state index in [2.05, 4.69) is 4.98 Å². The summed E-state index contributed by atoms with van der Waals surface area (Å²) < 4.78 is 17.8. The normalized spacial score (nSPS) is 10.8. The lowest BCUT2D eigenvalue weighted by Gasteiger charge is -2.15. The molecule has 2 N–H and O–H groups in total. The number of hydrogen-bond donors (Lipinski definition) is 1. The largest absolute Gasteiger partial charge is 0.493 e. The first-order chi connectivity index (χ1) is 14.5. The van der Waals surface area contributed by atoms with Crippen molar-refractivity contribution in [2.75, 3.05) is 12.8 Å². The average Bonchev–Trinajstić information content (AvgIpc) is 2.76. The van der Waals surface area contributed by atoms with Gasteiger partial charge in [-0.3, -0.25) is 4.98 Å². The summed E-state index contributed by atoms with van der Waals surface area (Å²) in [4.78, 5) is 4.49. The van der Waals surface area contributed by atoms with E-state index < -0.39 is 0 Å². The number of ether oxygens (including phenoxy) is 3. The van der Waals surface area contributed by atoms with Crippen LogP contribution in [0.25, 0.3) is 10.9 Å². The lowest BCUT2D eigenvalue weighted by Crippen LogP contribution is -1.99. The summed E-state index contributed by atoms with van der Waals surface area (Å²) in [5.41, 5.74) is 10.5. The molecule has 3 aromatic carbocycles. The van der Waals surface area contributed by atoms with E-state index in [-0.39, 0.29) is 0 Å². The molecule has 5 nitrogen and oxygen atoms in total. The van der Waals surface area contributed by atoms with Crippen LogP contribution in [0.3, 0.4) is 0 Å². The molecule has 0 fully saturated rings. The maximum atomic E-state index is 6.23. The summed E-state index contributed by atoms with van der Waals surface area (Å²) in [7, 11) is 1.63. The van der Waals surface area contributed by atoms with Gasteiger partial charge >= 0.3 is 0 Å². The number of nitrogen functional groups attached to an aromatic ring is 1. The summed E-state index contributed by atoms with van der Waals surface area (Å²) >= 11 is 0. The van der Waals surface area contributed by atoms with E-state index in [4.69, 9.17) is 19.9 Å². The number of nitrogens with two attached hydrogens (primary N) is 1. The van der Waals surface area contributed by atoms with Gasteiger partial charge in [-0.1, -0.05) is 30.3 Å². The maximum Gasteiger partial charge on any atom is 0.163 e. The Labute approximate surface area is 176 Å². The molecule has 0 amide bonds. The molecule has 0 aliphatic carbocycles. The molecule has 4 rings (SSSR count). The Morgan fingerprint density at radius 1 is 0.833 bits per heavy atom. The van der Waals surface area contributed by atoms with Gasteiger partial charge in [-0.15, -0.1) is 0 Å². The monoisotopic (exact) mass is 400 g/mol. The van der Waals surface area contributed by atoms with Crippen LogP contribution in [0.1, 0.15) is 16.7 Å². The number of methoxy groups -OCH3 is 1. The van der Waals surface area contributed by atoms with E-state index in [0.29, 0.717) is 23.9 Å². The van der Waals surface area contributed by atoms with Crippen molar-refractivity contribution in [1.29, 1.82) is 0 Å². The van der Waals surface area contributed by atoms with E-state index in [0.717, 1.165) is 39.0 Å². The first kappa shape index (κ1) is 19.6. The molecule has 0 unspecified atom stereocenters. The third-order valence-electron chi connectivity index (χ3n) is 5.01. The van der Waals surface area contributed by atoms with E-state index in [1.165, 1.54) is 0 Å². The second kappa shape index (κ2) is 8.33. The van der Waals surface area contributed by atoms with Crippen molar-refractivity contribution in [3.63, 3.8) is 0 Å². The molecule has 0 aliphatic heterocycles. The second-order valence-electron chi connectivity index (χ2n) is 7.18. The highest BCUT2D eigenvalue weighted by Crippen LogP contribution is 2.38. The van der Waals surface area contributed by atoms with E-state index >= 15 is 0 Å². The SMILES string of the molecule is COc1cc2c(Oc3cc(C)c(N)cc3C)ccnc2cc1OCc1ccccc1. The van der Waals surface area contributed by atoms with E-state index in [9.17, 15) is 0 Å². The number of rotatable bonds is 6. The van der Waals surface area contributed by atoms with Gasteiger partial charge in [0.2, 0.25) is 0 Å². The van der Waals surface area contributed by atoms with Gasteiger partial charge < -0.3 is 19.9 Å². The molecule has 0 saturated carbocycles. The van der Waals surface area contributed by atoms with Gasteiger partial charge in [0.25, 0.3) is 0 Å². The molecule has 0 saturated heterocycles. The van der Waals surface area contributed by atoms with Crippen molar-refractivity contribution in [1.82, 2.24) is 4.98 Å². The molecule has 4 aromatic rings. The number of hydrogen-bond acceptors (Lipinski definition) is 5. The summed E-state index contributed by atoms with van der Waals surface area (Å²) in [5.74, 6) is 2.72. The van der Waals surface area contributed by atoms with Gasteiger partial charge in [-0.25, -0.2) is 0 Å². The number of fused-ring (bicyclic) bond motifs is 1. The molecular weight excluding hydrogens is 376 g/mol. The molecule has 1 aromatic heterocycles. The number of aryl methyl sites for hydroxylation is 2. The van der Waals surface area contributed by atoms with Gasteiger partial charge in [0.1, 0.15) is 18.1 Å². The highest BCUT2D eigenvalue weighted by atomic mass is 16.5. The number of pyridine rings is 1. The molecule has 5 heteroatoms. The standard InChI is InChI=1S/C25H24N2O3/c1-16-12-23(17(2)11-20(16)26)30-22-9-10-27-21-14-25(24(28-3)13-19(21)22)29-15-18-7-5-4-6-8-18/h4-14H,15,26H2,1-3H3. The van der Waals surface area contributed by atoms with Crippen molar-refractivity contribution < 1.29 is 14.2 Å². The zero-order valence-corrected chi connectivity index (χ0v) is 17.3. The summed E-state index contributed by atoms with van der Waals surface area (Å²) in [6, 6.07) is 19.5. The van der Waals surface area contributed by atoms with Crippen molar-refractivity contribution in [2.24, 2.45) is 0 Å². The van der Waals surface area contributed by atoms with Crippen LogP contribution in [0.5, 0.6) is 23.0 Å². The van der Waals surface area contributed by atoms with E-state index in [1.54, 1.807) is 13.3 Å². The van der Waals surface area contributed by atoms with Gasteiger partial charge in [0, 0.05) is 23.3 Å². The molecule has 1 heterocycles. The summed E-state index contributed by atoms with van der Waals surface area (Å²) in [6.45, 7) is 4.39. The zero-order valence-electron chi connectivity index (χ0n) is 17.3. The molecule has 0 atom stereocenters. The second-order valence-corrected chi connectivity index (χ2v) is 7.18. The average molecular weight is 400 g/mol. The van der Waals surface area contributed by atoms with Crippen molar-refractivity contribution >= 4 is 16.6 Å². The van der Waals surface area contributed by atoms with Crippen LogP contribution >= 0.6 is 0 Å². The van der Waals surface area contributed by atoms with Gasteiger partial charge in [-0.2, -0.15) is 0 Å². The minimum absolute atomic E-state index is 0.447. The van der Waals surface area contributed by atoms with Crippen LogP contribution < -0.4 is 19.9 Å². The predicted molar refractivity (Wildman–Crippen MR) is 119 cm³/mol. The van der Waals surface area contributed by atoms with Crippen LogP contribution in [0.4, 0.5) is 5.69 Å². The van der Waals surface area contributed by atoms with Crippen molar-refractivity contribution in [3.8, 4) is 23.0 Å². The molecule has 152 valence electrons. The minimum atomic E-state index is 0.447. The Morgan fingerprint density at radius 2 is 1.63 bits per heavy atom. The summed E-state index contributed by atoms with van der Waals surface area (Å²) in [5, 5.41) is 0.843. The minimum Gasteiger partial charge on any atom is -0.493 e. The smallest absolute Gasteiger partial charge is 0.163 e. The maximum absolute atomic E-state index is 6.23. The predicted octanol–water partition coefficient (Wildman–Crippen LogP) is 5.81. The Balaban J connectivity index is 1.68. The van der Waals surface area contributed by atoms with Crippen molar-refractivity contribution in [3.05, 3.63) is 83.6 Å². The number of anilines is 1. The van der Waals surface area contributed by atoms with E-state index in [1.807, 2.05) is 74.5 Å². The van der Waals surface area contributed by atoms with Gasteiger partial charge in [0.05, 0.1) is 12.6 Å². The van der Waals surface area contributed by atoms with Crippen LogP contribution in [0.15, 0.2) is 66.9 Å². The highest BCUT2D eigenvalue weighted by molar-refractivity contribution is 5.88. The van der Waals surface area contributed by atoms with Crippen LogP contribution in [-0.2, 0) is 6.61 Å². The number of benzene rings is 3. The van der Waals surface area contributed by atoms with Gasteiger partial charge in [-0.05, 0) is 54.8 Å². The van der Waals surface area contributed by atoms with Crippen LogP contribution in [0.2, 0.25) is 0 Å². The summed E-state index contributed by atoms with van der Waals surface area (Å²) in [6.07, 6.45) is 1.73. The Hall–Kier alpha value is -3.73. The fourth-order valence-corrected chi connectivity index (χ4v) is 3.27. The number of nitrogens with zero attached hydrogens (tertiary/aromatic N) is 1. The lowest BCUT2D eigenvalue weighted by molar-refractivity contribution is 0.285. The fourth-order valence-electron chi connectivity index (χ4n) is 3.27. The molecule has 0 aliphatic rings. The third kappa shape index (κ3) is 4.01. The topological polar surface area (TPSA) is 66.6 Å². The molecule has 30 heavy (non-hydrogen) atoms. The van der Waals surface area contributed by atoms with Crippen LogP contribution in [-0.4, -0.2) is 12.1 Å². The third-order valence-corrected chi connectivity index (χ3v) is 5.01. The first-order valence-electron chi connectivity index (χ1n) is 9.73. The number of aromatic nitrogens is 1. The molecule has 0 bridgehead atoms. The molecule has 0 radical (unpaired) electrons. The Morgan fingerprint density at radius 3 is 2.40 bits per heavy atom. The van der Waals surface area contributed by atoms with Gasteiger partial charge in [0.15, 0.2) is 11.5 Å². The first-order valence-corrected chi connectivity index (χ1v) is 9.73. The van der Waals surface area contributed by atoms with Crippen LogP contribution in [0, 0.1) is 13.8 Å². The Kier molecular flexibility index (Phi) is 5.44. The van der Waals surface area contributed by atoms with Crippen molar-refractivity contribution in [2.45, 2.75) is 20.5 Å². The zero-order chi connectivity index (χ0) is 21.1. The molecular formula is C25H24N2O3. The fraction of sp³-hybridized carbons (Fsp3) is 0.160. The Bertz CT molecular complexity index is 1190. The highest BCUT2D eigenvalue weighted by Gasteiger charge is 2.13.